The van der Waals surface area contributed by atoms with Gasteiger partial charge in [-0.2, -0.15) is 4.98 Å². The average molecular weight is 244 g/mol. The third kappa shape index (κ3) is 2.30. The molecule has 96 valence electrons. The number of nitrogens with zero attached hydrogens (tertiary/aromatic N) is 2. The predicted octanol–water partition coefficient (Wildman–Crippen LogP) is 3.18. The first-order valence-corrected chi connectivity index (χ1v) is 6.50. The van der Waals surface area contributed by atoms with E-state index in [9.17, 15) is 4.79 Å². The average Bonchev–Trinajstić information content (AvgIpc) is 2.31. The van der Waals surface area contributed by atoms with Gasteiger partial charge in [0.05, 0.1) is 11.2 Å². The number of hydrogen-bond acceptors (Lipinski definition) is 2. The lowest BCUT2D eigenvalue weighted by Gasteiger charge is -2.15. The van der Waals surface area contributed by atoms with Gasteiger partial charge in [-0.15, -0.1) is 0 Å². The summed E-state index contributed by atoms with van der Waals surface area (Å²) >= 11 is 0. The van der Waals surface area contributed by atoms with E-state index in [1.807, 2.05) is 24.3 Å². The first-order valence-electron chi connectivity index (χ1n) is 6.50. The SMILES string of the molecule is CC(C)Cn1c(=O)nc(C(C)C)c2ccccc21. The number of rotatable bonds is 3. The third-order valence-corrected chi connectivity index (χ3v) is 3.01. The van der Waals surface area contributed by atoms with Crippen LogP contribution >= 0.6 is 0 Å². The molecule has 0 aliphatic carbocycles. The molecule has 0 unspecified atom stereocenters. The van der Waals surface area contributed by atoms with Gasteiger partial charge in [-0.1, -0.05) is 45.9 Å². The van der Waals surface area contributed by atoms with Crippen molar-refractivity contribution in [2.45, 2.75) is 40.2 Å². The molecule has 0 atom stereocenters. The van der Waals surface area contributed by atoms with Crippen molar-refractivity contribution in [1.29, 1.82) is 0 Å². The number of benzene rings is 1. The molecule has 0 radical (unpaired) electrons. The molecule has 0 aliphatic rings. The van der Waals surface area contributed by atoms with Crippen LogP contribution in [0, 0.1) is 5.92 Å². The molecule has 3 nitrogen and oxygen atoms in total. The maximum atomic E-state index is 12.1. The largest absolute Gasteiger partial charge is 0.348 e. The van der Waals surface area contributed by atoms with Gasteiger partial charge in [0.15, 0.2) is 0 Å². The third-order valence-electron chi connectivity index (χ3n) is 3.01. The first-order chi connectivity index (χ1) is 8.50. The topological polar surface area (TPSA) is 34.9 Å². The Hall–Kier alpha value is -1.64. The smallest absolute Gasteiger partial charge is 0.292 e. The molecule has 0 saturated carbocycles. The highest BCUT2D eigenvalue weighted by Crippen LogP contribution is 2.22. The van der Waals surface area contributed by atoms with E-state index in [1.54, 1.807) is 4.57 Å². The zero-order valence-electron chi connectivity index (χ0n) is 11.5. The van der Waals surface area contributed by atoms with Gasteiger partial charge in [-0.05, 0) is 17.9 Å². The highest BCUT2D eigenvalue weighted by Gasteiger charge is 2.12. The summed E-state index contributed by atoms with van der Waals surface area (Å²) in [4.78, 5) is 16.4. The van der Waals surface area contributed by atoms with Crippen molar-refractivity contribution in [2.24, 2.45) is 5.92 Å². The fourth-order valence-electron chi connectivity index (χ4n) is 2.23. The Morgan fingerprint density at radius 2 is 1.83 bits per heavy atom. The van der Waals surface area contributed by atoms with Gasteiger partial charge in [-0.3, -0.25) is 4.57 Å². The summed E-state index contributed by atoms with van der Waals surface area (Å²) in [5, 5.41) is 1.09. The predicted molar refractivity (Wildman–Crippen MR) is 74.9 cm³/mol. The standard InChI is InChI=1S/C15H20N2O/c1-10(2)9-17-13-8-6-5-7-12(13)14(11(3)4)16-15(17)18/h5-8,10-11H,9H2,1-4H3. The van der Waals surface area contributed by atoms with E-state index in [0.717, 1.165) is 16.6 Å². The summed E-state index contributed by atoms with van der Waals surface area (Å²) in [5.74, 6) is 0.689. The molecule has 0 amide bonds. The Kier molecular flexibility index (Phi) is 3.50. The normalized spacial score (nSPS) is 11.7. The monoisotopic (exact) mass is 244 g/mol. The second kappa shape index (κ2) is 4.92. The molecule has 0 aliphatic heterocycles. The highest BCUT2D eigenvalue weighted by molar-refractivity contribution is 5.81. The van der Waals surface area contributed by atoms with E-state index in [4.69, 9.17) is 0 Å². The van der Waals surface area contributed by atoms with E-state index in [-0.39, 0.29) is 11.6 Å². The highest BCUT2D eigenvalue weighted by atomic mass is 16.1. The fourth-order valence-corrected chi connectivity index (χ4v) is 2.23. The molecule has 2 aromatic rings. The van der Waals surface area contributed by atoms with Crippen LogP contribution in [-0.2, 0) is 6.54 Å². The van der Waals surface area contributed by atoms with Crippen LogP contribution in [0.2, 0.25) is 0 Å². The molecule has 0 fully saturated rings. The Bertz CT molecular complexity index is 611. The van der Waals surface area contributed by atoms with Gasteiger partial charge in [0.2, 0.25) is 0 Å². The molecule has 2 rings (SSSR count). The van der Waals surface area contributed by atoms with E-state index in [2.05, 4.69) is 32.7 Å². The molecule has 1 aromatic carbocycles. The summed E-state index contributed by atoms with van der Waals surface area (Å²) < 4.78 is 1.78. The van der Waals surface area contributed by atoms with Crippen LogP contribution in [0.25, 0.3) is 10.9 Å². The quantitative estimate of drug-likeness (QED) is 0.831. The Morgan fingerprint density at radius 1 is 1.17 bits per heavy atom. The zero-order valence-corrected chi connectivity index (χ0v) is 11.5. The van der Waals surface area contributed by atoms with Gasteiger partial charge in [0, 0.05) is 11.9 Å². The van der Waals surface area contributed by atoms with Crippen molar-refractivity contribution in [3.05, 3.63) is 40.4 Å². The van der Waals surface area contributed by atoms with Gasteiger partial charge < -0.3 is 0 Å². The summed E-state index contributed by atoms with van der Waals surface area (Å²) in [6.07, 6.45) is 0. The van der Waals surface area contributed by atoms with Crippen LogP contribution in [0.4, 0.5) is 0 Å². The Morgan fingerprint density at radius 3 is 2.44 bits per heavy atom. The minimum Gasteiger partial charge on any atom is -0.292 e. The summed E-state index contributed by atoms with van der Waals surface area (Å²) in [6.45, 7) is 9.07. The molecule has 18 heavy (non-hydrogen) atoms. The van der Waals surface area contributed by atoms with Crippen molar-refractivity contribution in [1.82, 2.24) is 9.55 Å². The lowest BCUT2D eigenvalue weighted by Crippen LogP contribution is -2.27. The summed E-state index contributed by atoms with van der Waals surface area (Å²) in [7, 11) is 0. The van der Waals surface area contributed by atoms with Crippen molar-refractivity contribution in [2.75, 3.05) is 0 Å². The number of para-hydroxylation sites is 1. The van der Waals surface area contributed by atoms with Crippen LogP contribution < -0.4 is 5.69 Å². The second-order valence-electron chi connectivity index (χ2n) is 5.46. The Balaban J connectivity index is 2.77. The van der Waals surface area contributed by atoms with Gasteiger partial charge in [0.1, 0.15) is 0 Å². The summed E-state index contributed by atoms with van der Waals surface area (Å²) in [6, 6.07) is 8.03. The number of aromatic nitrogens is 2. The fraction of sp³-hybridized carbons (Fsp3) is 0.467. The van der Waals surface area contributed by atoms with Crippen LogP contribution in [0.3, 0.4) is 0 Å². The van der Waals surface area contributed by atoms with E-state index >= 15 is 0 Å². The number of fused-ring (bicyclic) bond motifs is 1. The van der Waals surface area contributed by atoms with E-state index < -0.39 is 0 Å². The minimum atomic E-state index is -0.133. The van der Waals surface area contributed by atoms with E-state index in [1.165, 1.54) is 0 Å². The molecule has 0 spiro atoms. The van der Waals surface area contributed by atoms with Crippen molar-refractivity contribution in [3.63, 3.8) is 0 Å². The van der Waals surface area contributed by atoms with Gasteiger partial charge >= 0.3 is 5.69 Å². The van der Waals surface area contributed by atoms with E-state index in [0.29, 0.717) is 12.5 Å². The van der Waals surface area contributed by atoms with Gasteiger partial charge in [0.25, 0.3) is 0 Å². The molecular formula is C15H20N2O. The lowest BCUT2D eigenvalue weighted by atomic mass is 10.0. The zero-order chi connectivity index (χ0) is 13.3. The van der Waals surface area contributed by atoms with Crippen LogP contribution in [0.15, 0.2) is 29.1 Å². The summed E-state index contributed by atoms with van der Waals surface area (Å²) in [5.41, 5.74) is 1.76. The van der Waals surface area contributed by atoms with Gasteiger partial charge in [-0.25, -0.2) is 4.79 Å². The molecule has 0 saturated heterocycles. The van der Waals surface area contributed by atoms with Crippen LogP contribution in [0.1, 0.15) is 39.3 Å². The molecule has 0 N–H and O–H groups in total. The maximum Gasteiger partial charge on any atom is 0.348 e. The number of hydrogen-bond donors (Lipinski definition) is 0. The molecule has 3 heteroatoms. The lowest BCUT2D eigenvalue weighted by molar-refractivity contribution is 0.514. The van der Waals surface area contributed by atoms with Crippen molar-refractivity contribution < 1.29 is 0 Å². The van der Waals surface area contributed by atoms with Crippen molar-refractivity contribution in [3.8, 4) is 0 Å². The molecule has 1 heterocycles. The molecular weight excluding hydrogens is 224 g/mol. The Labute approximate surface area is 107 Å². The second-order valence-corrected chi connectivity index (χ2v) is 5.46. The van der Waals surface area contributed by atoms with Crippen LogP contribution in [-0.4, -0.2) is 9.55 Å². The first kappa shape index (κ1) is 12.8. The maximum absolute atomic E-state index is 12.1. The minimum absolute atomic E-state index is 0.133. The van der Waals surface area contributed by atoms with Crippen molar-refractivity contribution >= 4 is 10.9 Å². The van der Waals surface area contributed by atoms with Crippen LogP contribution in [0.5, 0.6) is 0 Å². The molecule has 1 aromatic heterocycles. The molecule has 0 bridgehead atoms.